The minimum atomic E-state index is 0.209. The molecule has 2 fully saturated rings. The van der Waals surface area contributed by atoms with Crippen molar-refractivity contribution in [3.63, 3.8) is 0 Å². The van der Waals surface area contributed by atoms with Crippen molar-refractivity contribution in [3.05, 3.63) is 30.1 Å². The van der Waals surface area contributed by atoms with Gasteiger partial charge < -0.3 is 9.64 Å². The fourth-order valence-electron chi connectivity index (χ4n) is 4.51. The topological polar surface area (TPSA) is 45.7 Å². The summed E-state index contributed by atoms with van der Waals surface area (Å²) in [5.41, 5.74) is 1.22. The van der Waals surface area contributed by atoms with Crippen LogP contribution in [0.25, 0.3) is 0 Å². The van der Waals surface area contributed by atoms with Crippen molar-refractivity contribution < 1.29 is 9.53 Å². The van der Waals surface area contributed by atoms with Gasteiger partial charge in [-0.1, -0.05) is 6.07 Å². The maximum absolute atomic E-state index is 12.6. The van der Waals surface area contributed by atoms with Crippen molar-refractivity contribution in [2.24, 2.45) is 5.41 Å². The maximum atomic E-state index is 12.6. The SMILES string of the molecule is COC[C@@H]1CC2(CCN(C(=O)Cc3ccccn3)CC2)CN1C(C)C. The molecule has 3 rings (SSSR count). The second kappa shape index (κ2) is 7.83. The summed E-state index contributed by atoms with van der Waals surface area (Å²) in [5.74, 6) is 0.209. The summed E-state index contributed by atoms with van der Waals surface area (Å²) in [6, 6.07) is 6.81. The second-order valence-electron chi connectivity index (χ2n) is 7.96. The van der Waals surface area contributed by atoms with E-state index in [4.69, 9.17) is 4.74 Å². The summed E-state index contributed by atoms with van der Waals surface area (Å²) >= 11 is 0. The molecule has 2 aliphatic rings. The lowest BCUT2D eigenvalue weighted by Crippen LogP contribution is -2.45. The molecule has 0 aliphatic carbocycles. The van der Waals surface area contributed by atoms with Crippen LogP contribution in [-0.2, 0) is 16.0 Å². The predicted molar refractivity (Wildman–Crippen MR) is 98.3 cm³/mol. The third kappa shape index (κ3) is 4.21. The van der Waals surface area contributed by atoms with Crippen LogP contribution in [0.5, 0.6) is 0 Å². The minimum absolute atomic E-state index is 0.209. The number of carbonyl (C=O) groups is 1. The molecule has 25 heavy (non-hydrogen) atoms. The Hall–Kier alpha value is -1.46. The van der Waals surface area contributed by atoms with Crippen LogP contribution < -0.4 is 0 Å². The zero-order chi connectivity index (χ0) is 17.9. The Morgan fingerprint density at radius 1 is 1.36 bits per heavy atom. The molecule has 0 bridgehead atoms. The molecule has 138 valence electrons. The summed E-state index contributed by atoms with van der Waals surface area (Å²) < 4.78 is 5.45. The Morgan fingerprint density at radius 3 is 2.72 bits per heavy atom. The molecular formula is C20H31N3O2. The highest BCUT2D eigenvalue weighted by Gasteiger charge is 2.46. The molecule has 1 amide bonds. The summed E-state index contributed by atoms with van der Waals surface area (Å²) in [6.07, 6.45) is 5.57. The van der Waals surface area contributed by atoms with Gasteiger partial charge in [0, 0.05) is 50.7 Å². The number of carbonyl (C=O) groups excluding carboxylic acids is 1. The van der Waals surface area contributed by atoms with Gasteiger partial charge in [0.25, 0.3) is 0 Å². The van der Waals surface area contributed by atoms with E-state index >= 15 is 0 Å². The number of rotatable bonds is 5. The first-order valence-electron chi connectivity index (χ1n) is 9.45. The van der Waals surface area contributed by atoms with Crippen LogP contribution in [-0.4, -0.2) is 66.1 Å². The molecule has 0 radical (unpaired) electrons. The minimum Gasteiger partial charge on any atom is -0.383 e. The van der Waals surface area contributed by atoms with E-state index in [-0.39, 0.29) is 5.91 Å². The number of amides is 1. The number of likely N-dealkylation sites (tertiary alicyclic amines) is 2. The highest BCUT2D eigenvalue weighted by molar-refractivity contribution is 5.78. The fourth-order valence-corrected chi connectivity index (χ4v) is 4.51. The Labute approximate surface area is 151 Å². The van der Waals surface area contributed by atoms with E-state index in [9.17, 15) is 4.79 Å². The van der Waals surface area contributed by atoms with Gasteiger partial charge in [-0.25, -0.2) is 0 Å². The molecule has 1 atom stereocenters. The second-order valence-corrected chi connectivity index (χ2v) is 7.96. The molecule has 5 heteroatoms. The highest BCUT2D eigenvalue weighted by Crippen LogP contribution is 2.44. The van der Waals surface area contributed by atoms with Gasteiger partial charge in [-0.2, -0.15) is 0 Å². The molecule has 2 aliphatic heterocycles. The molecular weight excluding hydrogens is 314 g/mol. The van der Waals surface area contributed by atoms with Gasteiger partial charge in [0.15, 0.2) is 0 Å². The number of nitrogens with zero attached hydrogens (tertiary/aromatic N) is 3. The fraction of sp³-hybridized carbons (Fsp3) is 0.700. The quantitative estimate of drug-likeness (QED) is 0.822. The van der Waals surface area contributed by atoms with E-state index in [1.807, 2.05) is 23.1 Å². The standard InChI is InChI=1S/C20H31N3O2/c1-16(2)23-15-20(13-18(23)14-25-3)7-10-22(11-8-20)19(24)12-17-6-4-5-9-21-17/h4-6,9,16,18H,7-8,10-15H2,1-3H3/t18-/m0/s1. The Morgan fingerprint density at radius 2 is 2.12 bits per heavy atom. The first-order valence-corrected chi connectivity index (χ1v) is 9.45. The van der Waals surface area contributed by atoms with Crippen molar-refractivity contribution >= 4 is 5.91 Å². The van der Waals surface area contributed by atoms with Crippen LogP contribution in [0.2, 0.25) is 0 Å². The lowest BCUT2D eigenvalue weighted by molar-refractivity contribution is -0.132. The summed E-state index contributed by atoms with van der Waals surface area (Å²) in [5, 5.41) is 0. The molecule has 2 saturated heterocycles. The highest BCUT2D eigenvalue weighted by atomic mass is 16.5. The molecule has 3 heterocycles. The van der Waals surface area contributed by atoms with E-state index < -0.39 is 0 Å². The van der Waals surface area contributed by atoms with Crippen LogP contribution in [0, 0.1) is 5.41 Å². The van der Waals surface area contributed by atoms with Crippen LogP contribution in [0.1, 0.15) is 38.8 Å². The number of ether oxygens (including phenoxy) is 1. The van der Waals surface area contributed by atoms with Crippen molar-refractivity contribution in [1.82, 2.24) is 14.8 Å². The third-order valence-electron chi connectivity index (χ3n) is 5.91. The van der Waals surface area contributed by atoms with Gasteiger partial charge in [0.1, 0.15) is 0 Å². The van der Waals surface area contributed by atoms with Gasteiger partial charge in [-0.05, 0) is 50.7 Å². The van der Waals surface area contributed by atoms with Crippen LogP contribution in [0.15, 0.2) is 24.4 Å². The van der Waals surface area contributed by atoms with E-state index in [1.165, 1.54) is 6.42 Å². The van der Waals surface area contributed by atoms with Gasteiger partial charge in [-0.15, -0.1) is 0 Å². The lowest BCUT2D eigenvalue weighted by Gasteiger charge is -2.39. The largest absolute Gasteiger partial charge is 0.383 e. The predicted octanol–water partition coefficient (Wildman–Crippen LogP) is 2.36. The first-order chi connectivity index (χ1) is 12.0. The van der Waals surface area contributed by atoms with Gasteiger partial charge in [0.2, 0.25) is 5.91 Å². The zero-order valence-corrected chi connectivity index (χ0v) is 15.8. The number of aromatic nitrogens is 1. The zero-order valence-electron chi connectivity index (χ0n) is 15.8. The Kier molecular flexibility index (Phi) is 5.74. The van der Waals surface area contributed by atoms with Gasteiger partial charge in [-0.3, -0.25) is 14.7 Å². The van der Waals surface area contributed by atoms with Crippen molar-refractivity contribution in [2.75, 3.05) is 33.4 Å². The van der Waals surface area contributed by atoms with Crippen LogP contribution in [0.3, 0.4) is 0 Å². The number of piperidine rings is 1. The van der Waals surface area contributed by atoms with Crippen LogP contribution >= 0.6 is 0 Å². The molecule has 1 spiro atoms. The van der Waals surface area contributed by atoms with Gasteiger partial charge >= 0.3 is 0 Å². The molecule has 0 N–H and O–H groups in total. The normalized spacial score (nSPS) is 23.5. The Balaban J connectivity index is 1.57. The van der Waals surface area contributed by atoms with Crippen molar-refractivity contribution in [1.29, 1.82) is 0 Å². The number of hydrogen-bond acceptors (Lipinski definition) is 4. The van der Waals surface area contributed by atoms with Crippen molar-refractivity contribution in [2.45, 2.75) is 51.6 Å². The average molecular weight is 345 g/mol. The van der Waals surface area contributed by atoms with E-state index in [0.717, 1.165) is 44.8 Å². The number of methoxy groups -OCH3 is 1. The first kappa shape index (κ1) is 18.3. The summed E-state index contributed by atoms with van der Waals surface area (Å²) in [4.78, 5) is 21.5. The molecule has 1 aromatic heterocycles. The Bertz CT molecular complexity index is 568. The molecule has 5 nitrogen and oxygen atoms in total. The van der Waals surface area contributed by atoms with E-state index in [0.29, 0.717) is 23.9 Å². The van der Waals surface area contributed by atoms with Crippen LogP contribution in [0.4, 0.5) is 0 Å². The average Bonchev–Trinajstić information content (AvgIpc) is 2.95. The maximum Gasteiger partial charge on any atom is 0.228 e. The monoisotopic (exact) mass is 345 g/mol. The molecule has 0 unspecified atom stereocenters. The number of hydrogen-bond donors (Lipinski definition) is 0. The van der Waals surface area contributed by atoms with E-state index in [1.54, 1.807) is 13.3 Å². The smallest absolute Gasteiger partial charge is 0.228 e. The lowest BCUT2D eigenvalue weighted by atomic mass is 9.76. The summed E-state index contributed by atoms with van der Waals surface area (Å²) in [7, 11) is 1.79. The molecule has 0 saturated carbocycles. The molecule has 0 aromatic carbocycles. The third-order valence-corrected chi connectivity index (χ3v) is 5.91. The summed E-state index contributed by atoms with van der Waals surface area (Å²) in [6.45, 7) is 8.23. The van der Waals surface area contributed by atoms with Crippen molar-refractivity contribution in [3.8, 4) is 0 Å². The van der Waals surface area contributed by atoms with Gasteiger partial charge in [0.05, 0.1) is 13.0 Å². The van der Waals surface area contributed by atoms with E-state index in [2.05, 4.69) is 23.7 Å². The number of pyridine rings is 1. The molecule has 1 aromatic rings.